The van der Waals surface area contributed by atoms with Crippen molar-refractivity contribution in [3.8, 4) is 73.6 Å². The van der Waals surface area contributed by atoms with Crippen molar-refractivity contribution in [3.63, 3.8) is 0 Å². The third-order valence-electron chi connectivity index (χ3n) is 13.8. The molecule has 13 rings (SSSR count). The summed E-state index contributed by atoms with van der Waals surface area (Å²) in [4.78, 5) is 20.5. The number of rotatable bonds is 6. The minimum Gasteiger partial charge on any atom is -0.457 e. The molecule has 0 amide bonds. The largest absolute Gasteiger partial charge is 0.457 e. The standard InChI is InChI=1S/C61H43N5O/c1-37(2)41-32-33-49-55(36-41)67-54-29-15-28-53(66-38(3)62-51-26-11-12-27-52(51)66)57(54)61(49)48-24-10-9-22-47(48)56-46(23-14-25-50(56)61)43-20-13-21-44(35-43)59-63-58(40-17-5-4-6-18-40)64-60(65-59)45-31-30-39-16-7-8-19-42(39)34-45/h4-37H,1-3H3. The van der Waals surface area contributed by atoms with E-state index in [4.69, 9.17) is 24.7 Å². The Morgan fingerprint density at radius 1 is 0.463 bits per heavy atom. The van der Waals surface area contributed by atoms with Crippen molar-refractivity contribution in [3.05, 3.63) is 234 Å². The maximum atomic E-state index is 7.11. The summed E-state index contributed by atoms with van der Waals surface area (Å²) in [5.74, 6) is 4.84. The zero-order valence-corrected chi connectivity index (χ0v) is 37.3. The van der Waals surface area contributed by atoms with E-state index in [2.05, 4.69) is 207 Å². The average molecular weight is 862 g/mol. The van der Waals surface area contributed by atoms with Crippen LogP contribution < -0.4 is 4.74 Å². The monoisotopic (exact) mass is 861 g/mol. The molecule has 67 heavy (non-hydrogen) atoms. The Morgan fingerprint density at radius 2 is 1.12 bits per heavy atom. The van der Waals surface area contributed by atoms with Crippen LogP contribution in [0.4, 0.5) is 0 Å². The van der Waals surface area contributed by atoms with Crippen LogP contribution in [0.3, 0.4) is 0 Å². The van der Waals surface area contributed by atoms with E-state index in [-0.39, 0.29) is 0 Å². The highest BCUT2D eigenvalue weighted by molar-refractivity contribution is 5.98. The van der Waals surface area contributed by atoms with Crippen molar-refractivity contribution in [1.29, 1.82) is 0 Å². The molecule has 0 bridgehead atoms. The molecule has 0 radical (unpaired) electrons. The van der Waals surface area contributed by atoms with Gasteiger partial charge in [-0.25, -0.2) is 19.9 Å². The minimum atomic E-state index is -0.736. The molecule has 6 heteroatoms. The molecule has 318 valence electrons. The maximum absolute atomic E-state index is 7.11. The van der Waals surface area contributed by atoms with Crippen molar-refractivity contribution in [2.45, 2.75) is 32.1 Å². The van der Waals surface area contributed by atoms with E-state index in [1.165, 1.54) is 33.2 Å². The fraction of sp³-hybridized carbons (Fsp3) is 0.0820. The number of benzene rings is 9. The van der Waals surface area contributed by atoms with Crippen LogP contribution in [0.15, 0.2) is 200 Å². The van der Waals surface area contributed by atoms with Crippen molar-refractivity contribution in [2.75, 3.05) is 0 Å². The van der Waals surface area contributed by atoms with Crippen LogP contribution in [0.2, 0.25) is 0 Å². The molecule has 1 aliphatic carbocycles. The van der Waals surface area contributed by atoms with Crippen molar-refractivity contribution in [1.82, 2.24) is 24.5 Å². The van der Waals surface area contributed by atoms with Crippen LogP contribution in [0.25, 0.3) is 83.9 Å². The van der Waals surface area contributed by atoms with E-state index in [0.717, 1.165) is 78.4 Å². The molecule has 11 aromatic rings. The molecule has 3 heterocycles. The van der Waals surface area contributed by atoms with Gasteiger partial charge in [-0.1, -0.05) is 172 Å². The highest BCUT2D eigenvalue weighted by atomic mass is 16.5. The maximum Gasteiger partial charge on any atom is 0.164 e. The Labute approximate surface area is 388 Å². The average Bonchev–Trinajstić information content (AvgIpc) is 3.87. The van der Waals surface area contributed by atoms with Crippen LogP contribution in [0.5, 0.6) is 11.5 Å². The Morgan fingerprint density at radius 3 is 1.97 bits per heavy atom. The van der Waals surface area contributed by atoms with Gasteiger partial charge in [0.2, 0.25) is 0 Å². The van der Waals surface area contributed by atoms with Gasteiger partial charge in [-0.15, -0.1) is 0 Å². The number of ether oxygens (including phenoxy) is 1. The summed E-state index contributed by atoms with van der Waals surface area (Å²) in [6.07, 6.45) is 0. The third-order valence-corrected chi connectivity index (χ3v) is 13.8. The number of aromatic nitrogens is 5. The van der Waals surface area contributed by atoms with Gasteiger partial charge in [0.25, 0.3) is 0 Å². The van der Waals surface area contributed by atoms with Crippen molar-refractivity contribution < 1.29 is 4.74 Å². The van der Waals surface area contributed by atoms with E-state index in [9.17, 15) is 0 Å². The van der Waals surface area contributed by atoms with Crippen LogP contribution in [-0.2, 0) is 5.41 Å². The van der Waals surface area contributed by atoms with Gasteiger partial charge in [-0.2, -0.15) is 0 Å². The first-order valence-corrected chi connectivity index (χ1v) is 23.0. The van der Waals surface area contributed by atoms with Crippen LogP contribution in [0.1, 0.15) is 53.4 Å². The highest BCUT2D eigenvalue weighted by Crippen LogP contribution is 2.64. The smallest absolute Gasteiger partial charge is 0.164 e. The fourth-order valence-corrected chi connectivity index (χ4v) is 10.8. The van der Waals surface area contributed by atoms with Crippen LogP contribution in [-0.4, -0.2) is 24.5 Å². The van der Waals surface area contributed by atoms with Gasteiger partial charge in [0.05, 0.1) is 22.1 Å². The van der Waals surface area contributed by atoms with Gasteiger partial charge >= 0.3 is 0 Å². The molecule has 9 aromatic carbocycles. The second-order valence-electron chi connectivity index (χ2n) is 18.0. The quantitative estimate of drug-likeness (QED) is 0.167. The zero-order valence-electron chi connectivity index (χ0n) is 37.3. The number of fused-ring (bicyclic) bond motifs is 11. The number of para-hydroxylation sites is 2. The summed E-state index contributed by atoms with van der Waals surface area (Å²) in [6, 6.07) is 71.2. The summed E-state index contributed by atoms with van der Waals surface area (Å²) in [5, 5.41) is 2.31. The van der Waals surface area contributed by atoms with E-state index < -0.39 is 5.41 Å². The summed E-state index contributed by atoms with van der Waals surface area (Å²) >= 11 is 0. The molecule has 1 atom stereocenters. The van der Waals surface area contributed by atoms with Crippen molar-refractivity contribution >= 4 is 21.8 Å². The number of hydrogen-bond donors (Lipinski definition) is 0. The third kappa shape index (κ3) is 5.96. The second-order valence-corrected chi connectivity index (χ2v) is 18.0. The first-order valence-electron chi connectivity index (χ1n) is 23.0. The topological polar surface area (TPSA) is 65.7 Å². The predicted molar refractivity (Wildman–Crippen MR) is 270 cm³/mol. The fourth-order valence-electron chi connectivity index (χ4n) is 10.8. The van der Waals surface area contributed by atoms with Gasteiger partial charge in [-0.3, -0.25) is 4.57 Å². The molecule has 1 aliphatic heterocycles. The zero-order chi connectivity index (χ0) is 44.8. The summed E-state index contributed by atoms with van der Waals surface area (Å²) in [7, 11) is 0. The molecule has 0 saturated heterocycles. The number of hydrogen-bond acceptors (Lipinski definition) is 5. The molecule has 0 saturated carbocycles. The number of aryl methyl sites for hydroxylation is 1. The van der Waals surface area contributed by atoms with E-state index in [1.807, 2.05) is 18.2 Å². The number of nitrogens with zero attached hydrogens (tertiary/aromatic N) is 5. The molecule has 2 aromatic heterocycles. The van der Waals surface area contributed by atoms with Gasteiger partial charge in [-0.05, 0) is 105 Å². The Kier molecular flexibility index (Phi) is 8.74. The minimum absolute atomic E-state index is 0.330. The molecule has 0 fully saturated rings. The lowest BCUT2D eigenvalue weighted by Crippen LogP contribution is -2.33. The molecular weight excluding hydrogens is 819 g/mol. The first-order chi connectivity index (χ1) is 32.9. The lowest BCUT2D eigenvalue weighted by Gasteiger charge is -2.41. The summed E-state index contributed by atoms with van der Waals surface area (Å²) < 4.78 is 9.42. The Hall–Kier alpha value is -8.48. The SMILES string of the molecule is Cc1nc2ccccc2n1-c1cccc2c1C1(c3ccc(C(C)C)cc3O2)c2ccccc2-c2c(-c3cccc(-c4nc(-c5ccccc5)nc(-c5ccc6ccccc6c5)n4)c3)cccc21. The van der Waals surface area contributed by atoms with E-state index in [0.29, 0.717) is 23.4 Å². The van der Waals surface area contributed by atoms with Crippen molar-refractivity contribution in [2.24, 2.45) is 0 Å². The lowest BCUT2D eigenvalue weighted by atomic mass is 9.65. The normalized spacial score (nSPS) is 14.5. The molecule has 1 unspecified atom stereocenters. The Balaban J connectivity index is 1.05. The van der Waals surface area contributed by atoms with Crippen LogP contribution >= 0.6 is 0 Å². The summed E-state index contributed by atoms with van der Waals surface area (Å²) in [5.41, 5.74) is 15.6. The predicted octanol–water partition coefficient (Wildman–Crippen LogP) is 14.9. The van der Waals surface area contributed by atoms with Gasteiger partial charge in [0, 0.05) is 27.8 Å². The molecule has 1 spiro atoms. The number of imidazole rings is 1. The molecule has 6 nitrogen and oxygen atoms in total. The van der Waals surface area contributed by atoms with E-state index in [1.54, 1.807) is 0 Å². The van der Waals surface area contributed by atoms with Gasteiger partial charge in [0.1, 0.15) is 17.3 Å². The first kappa shape index (κ1) is 38.9. The second kappa shape index (κ2) is 15.0. The van der Waals surface area contributed by atoms with Gasteiger partial charge < -0.3 is 4.74 Å². The lowest BCUT2D eigenvalue weighted by molar-refractivity contribution is 0.434. The molecule has 0 N–H and O–H groups in total. The van der Waals surface area contributed by atoms with E-state index >= 15 is 0 Å². The van der Waals surface area contributed by atoms with Gasteiger partial charge in [0.15, 0.2) is 17.5 Å². The Bertz CT molecular complexity index is 3800. The molecule has 2 aliphatic rings. The highest BCUT2D eigenvalue weighted by Gasteiger charge is 2.53. The summed E-state index contributed by atoms with van der Waals surface area (Å²) in [6.45, 7) is 6.58. The van der Waals surface area contributed by atoms with Crippen LogP contribution in [0, 0.1) is 6.92 Å². The molecular formula is C61H43N5O.